The second kappa shape index (κ2) is 7.70. The first-order chi connectivity index (χ1) is 15.8. The Labute approximate surface area is 189 Å². The molecule has 0 bridgehead atoms. The molecule has 5 aromatic rings. The molecule has 0 radical (unpaired) electrons. The molecular weight excluding hydrogens is 448 g/mol. The van der Waals surface area contributed by atoms with Crippen molar-refractivity contribution in [3.05, 3.63) is 62.7 Å². The van der Waals surface area contributed by atoms with Crippen LogP contribution < -0.4 is 16.6 Å². The van der Waals surface area contributed by atoms with Gasteiger partial charge in [0.1, 0.15) is 18.1 Å². The third-order valence-electron chi connectivity index (χ3n) is 5.08. The lowest BCUT2D eigenvalue weighted by molar-refractivity contribution is -0.116. The fraction of sp³-hybridized carbons (Fsp3) is 0.200. The molecule has 0 unspecified atom stereocenters. The van der Waals surface area contributed by atoms with E-state index in [1.165, 1.54) is 40.9 Å². The fourth-order valence-electron chi connectivity index (χ4n) is 3.49. The van der Waals surface area contributed by atoms with Crippen molar-refractivity contribution in [1.82, 2.24) is 33.4 Å². The lowest BCUT2D eigenvalue weighted by Gasteiger charge is -2.08. The molecule has 0 aromatic carbocycles. The van der Waals surface area contributed by atoms with Crippen LogP contribution in [0.5, 0.6) is 0 Å². The number of nitrogens with zero attached hydrogens (tertiary/aromatic N) is 7. The van der Waals surface area contributed by atoms with E-state index in [0.717, 1.165) is 4.57 Å². The normalized spacial score (nSPS) is 11.4. The summed E-state index contributed by atoms with van der Waals surface area (Å²) in [6.07, 6.45) is 2.94. The molecule has 12 nitrogen and oxygen atoms in total. The Morgan fingerprint density at radius 1 is 1.24 bits per heavy atom. The summed E-state index contributed by atoms with van der Waals surface area (Å²) in [4.78, 5) is 46.2. The van der Waals surface area contributed by atoms with E-state index in [1.54, 1.807) is 30.0 Å². The van der Waals surface area contributed by atoms with E-state index in [-0.39, 0.29) is 17.7 Å². The minimum atomic E-state index is -0.521. The maximum Gasteiger partial charge on any atom is 0.332 e. The predicted molar refractivity (Wildman–Crippen MR) is 121 cm³/mol. The molecule has 0 fully saturated rings. The number of hydrogen-bond donors (Lipinski definition) is 1. The van der Waals surface area contributed by atoms with Crippen molar-refractivity contribution in [2.75, 3.05) is 5.32 Å². The largest absolute Gasteiger partial charge is 0.463 e. The number of carbonyl (C=O) groups excluding carboxylic acids is 1. The lowest BCUT2D eigenvalue weighted by atomic mass is 10.4. The minimum Gasteiger partial charge on any atom is -0.463 e. The van der Waals surface area contributed by atoms with E-state index in [2.05, 4.69) is 20.4 Å². The number of carbonyl (C=O) groups is 1. The van der Waals surface area contributed by atoms with Crippen LogP contribution in [0.15, 0.2) is 50.2 Å². The van der Waals surface area contributed by atoms with Gasteiger partial charge in [0.05, 0.1) is 18.3 Å². The van der Waals surface area contributed by atoms with Crippen molar-refractivity contribution in [2.45, 2.75) is 13.5 Å². The topological polar surface area (TPSA) is 135 Å². The zero-order valence-corrected chi connectivity index (χ0v) is 18.7. The summed E-state index contributed by atoms with van der Waals surface area (Å²) in [7, 11) is 2.90. The molecule has 0 atom stereocenters. The van der Waals surface area contributed by atoms with Crippen molar-refractivity contribution in [2.24, 2.45) is 14.1 Å². The molecule has 168 valence electrons. The first-order valence-corrected chi connectivity index (χ1v) is 10.7. The number of hydrogen-bond acceptors (Lipinski definition) is 8. The van der Waals surface area contributed by atoms with Crippen LogP contribution in [0.1, 0.15) is 5.69 Å². The van der Waals surface area contributed by atoms with E-state index in [1.807, 2.05) is 11.4 Å². The molecule has 5 aromatic heterocycles. The van der Waals surface area contributed by atoms with Crippen LogP contribution in [-0.4, -0.2) is 39.4 Å². The first-order valence-electron chi connectivity index (χ1n) is 9.80. The van der Waals surface area contributed by atoms with Gasteiger partial charge in [-0.3, -0.25) is 18.7 Å². The van der Waals surface area contributed by atoms with Crippen molar-refractivity contribution in [1.29, 1.82) is 0 Å². The highest BCUT2D eigenvalue weighted by molar-refractivity contribution is 7.12. The summed E-state index contributed by atoms with van der Waals surface area (Å²) in [5.74, 6) is 0.673. The molecule has 1 amide bonds. The lowest BCUT2D eigenvalue weighted by Crippen LogP contribution is -2.37. The van der Waals surface area contributed by atoms with E-state index in [9.17, 15) is 14.4 Å². The molecule has 0 aliphatic heterocycles. The summed E-state index contributed by atoms with van der Waals surface area (Å²) in [5.41, 5.74) is 0.729. The average molecular weight is 466 g/mol. The van der Waals surface area contributed by atoms with E-state index < -0.39 is 17.2 Å². The number of furan rings is 1. The first kappa shape index (κ1) is 20.6. The number of anilines is 1. The highest BCUT2D eigenvalue weighted by Crippen LogP contribution is 2.26. The monoisotopic (exact) mass is 466 g/mol. The minimum absolute atomic E-state index is 0.169. The van der Waals surface area contributed by atoms with Gasteiger partial charge in [0.15, 0.2) is 16.9 Å². The van der Waals surface area contributed by atoms with Gasteiger partial charge >= 0.3 is 5.69 Å². The number of thiazole rings is 1. The number of imidazole rings is 1. The number of amides is 1. The van der Waals surface area contributed by atoms with Crippen LogP contribution in [0.3, 0.4) is 0 Å². The zero-order valence-electron chi connectivity index (χ0n) is 17.8. The van der Waals surface area contributed by atoms with Crippen LogP contribution in [0.25, 0.3) is 27.7 Å². The van der Waals surface area contributed by atoms with Gasteiger partial charge in [-0.1, -0.05) is 0 Å². The van der Waals surface area contributed by atoms with Gasteiger partial charge in [-0.05, 0) is 19.1 Å². The maximum atomic E-state index is 12.8. The van der Waals surface area contributed by atoms with Gasteiger partial charge < -0.3 is 14.3 Å². The molecule has 5 rings (SSSR count). The predicted octanol–water partition coefficient (Wildman–Crippen LogP) is 1.28. The number of nitrogens with one attached hydrogen (secondary N) is 1. The molecule has 0 aliphatic rings. The van der Waals surface area contributed by atoms with E-state index in [4.69, 9.17) is 4.42 Å². The molecule has 0 spiro atoms. The standard InChI is InChI=1S/C20H18N8O4S/c1-11-7-14(28(24-11)19-22-12(9-33-19)13-5-4-6-32-13)23-15(29)8-27-10-21-17-16(27)18(30)26(3)20(31)25(17)2/h4-7,9-10H,8H2,1-3H3,(H,23,29). The van der Waals surface area contributed by atoms with E-state index in [0.29, 0.717) is 28.1 Å². The summed E-state index contributed by atoms with van der Waals surface area (Å²) < 4.78 is 10.6. The molecule has 1 N–H and O–H groups in total. The summed E-state index contributed by atoms with van der Waals surface area (Å²) in [6, 6.07) is 5.31. The highest BCUT2D eigenvalue weighted by atomic mass is 32.1. The van der Waals surface area contributed by atoms with Gasteiger partial charge in [0, 0.05) is 25.5 Å². The van der Waals surface area contributed by atoms with Gasteiger partial charge in [-0.25, -0.2) is 14.8 Å². The number of aromatic nitrogens is 7. The van der Waals surface area contributed by atoms with Crippen molar-refractivity contribution in [3.8, 4) is 16.6 Å². The number of fused-ring (bicyclic) bond motifs is 1. The summed E-state index contributed by atoms with van der Waals surface area (Å²) >= 11 is 1.36. The third-order valence-corrected chi connectivity index (χ3v) is 5.89. The Morgan fingerprint density at radius 2 is 2.06 bits per heavy atom. The molecule has 33 heavy (non-hydrogen) atoms. The van der Waals surface area contributed by atoms with Gasteiger partial charge in [-0.2, -0.15) is 9.78 Å². The highest BCUT2D eigenvalue weighted by Gasteiger charge is 2.18. The molecular formula is C20H18N8O4S. The van der Waals surface area contributed by atoms with Crippen LogP contribution in [0.2, 0.25) is 0 Å². The Kier molecular flexibility index (Phi) is 4.82. The van der Waals surface area contributed by atoms with Crippen molar-refractivity contribution in [3.63, 3.8) is 0 Å². The smallest absolute Gasteiger partial charge is 0.332 e. The van der Waals surface area contributed by atoms with E-state index >= 15 is 0 Å². The maximum absolute atomic E-state index is 12.8. The van der Waals surface area contributed by atoms with Gasteiger partial charge in [0.2, 0.25) is 11.0 Å². The van der Waals surface area contributed by atoms with Gasteiger partial charge in [0.25, 0.3) is 5.56 Å². The van der Waals surface area contributed by atoms with Crippen molar-refractivity contribution < 1.29 is 9.21 Å². The van der Waals surface area contributed by atoms with Crippen LogP contribution in [-0.2, 0) is 25.4 Å². The quantitative estimate of drug-likeness (QED) is 0.412. The molecule has 5 heterocycles. The molecule has 0 saturated heterocycles. The Morgan fingerprint density at radius 3 is 2.82 bits per heavy atom. The van der Waals surface area contributed by atoms with Crippen molar-refractivity contribution >= 4 is 34.2 Å². The average Bonchev–Trinajstić information content (AvgIpc) is 3.56. The van der Waals surface area contributed by atoms with Crippen LogP contribution in [0, 0.1) is 6.92 Å². The van der Waals surface area contributed by atoms with Gasteiger partial charge in [-0.15, -0.1) is 11.3 Å². The van der Waals surface area contributed by atoms with Crippen LogP contribution in [0.4, 0.5) is 5.82 Å². The Balaban J connectivity index is 1.43. The summed E-state index contributed by atoms with van der Waals surface area (Å²) in [5, 5.41) is 9.65. The third kappa shape index (κ3) is 3.47. The second-order valence-electron chi connectivity index (χ2n) is 7.37. The SMILES string of the molecule is Cc1cc(NC(=O)Cn2cnc3c2c(=O)n(C)c(=O)n3C)n(-c2nc(-c3ccco3)cs2)n1. The number of aryl methyl sites for hydroxylation is 2. The Hall–Kier alpha value is -4.26. The molecule has 0 saturated carbocycles. The molecule has 0 aliphatic carbocycles. The second-order valence-corrected chi connectivity index (χ2v) is 8.21. The Bertz CT molecular complexity index is 1620. The number of rotatable bonds is 5. The zero-order chi connectivity index (χ0) is 23.3. The fourth-order valence-corrected chi connectivity index (χ4v) is 4.26. The van der Waals surface area contributed by atoms with Crippen LogP contribution >= 0.6 is 11.3 Å². The molecule has 13 heteroatoms. The summed E-state index contributed by atoms with van der Waals surface area (Å²) in [6.45, 7) is 1.63.